The molecule has 0 spiro atoms. The molecule has 0 aliphatic rings. The van der Waals surface area contributed by atoms with Gasteiger partial charge < -0.3 is 65.0 Å². The highest BCUT2D eigenvalue weighted by atomic mass is 16.3. The Labute approximate surface area is 279 Å². The number of aliphatic hydroxyl groups is 2. The lowest BCUT2D eigenvalue weighted by molar-refractivity contribution is -0.135. The summed E-state index contributed by atoms with van der Waals surface area (Å²) in [5, 5.41) is 31.8. The average Bonchev–Trinajstić information content (AvgIpc) is 3.05. The van der Waals surface area contributed by atoms with E-state index in [9.17, 15) is 48.3 Å². The highest BCUT2D eigenvalue weighted by Gasteiger charge is 2.30. The minimum atomic E-state index is -1.68. The van der Waals surface area contributed by atoms with Crippen LogP contribution < -0.4 is 54.8 Å². The van der Waals surface area contributed by atoms with Crippen molar-refractivity contribution in [3.63, 3.8) is 0 Å². The normalized spacial score (nSPS) is 13.6. The van der Waals surface area contributed by atoms with Crippen LogP contribution >= 0.6 is 0 Å². The summed E-state index contributed by atoms with van der Waals surface area (Å²) in [5.74, 6) is -8.53. The number of primary amides is 3. The van der Waals surface area contributed by atoms with Crippen LogP contribution in [0.25, 0.3) is 0 Å². The first-order valence-corrected chi connectivity index (χ1v) is 14.7. The predicted octanol–water partition coefficient (Wildman–Crippen LogP) is -7.66. The fourth-order valence-electron chi connectivity index (χ4n) is 3.92. The molecule has 5 atom stereocenters. The summed E-state index contributed by atoms with van der Waals surface area (Å²) in [6.07, 6.45) is -1.28. The quantitative estimate of drug-likeness (QED) is 0.0538. The van der Waals surface area contributed by atoms with Crippen molar-refractivity contribution in [1.82, 2.24) is 31.9 Å². The van der Waals surface area contributed by atoms with E-state index < -0.39 is 116 Å². The second kappa shape index (κ2) is 21.3. The zero-order valence-electron chi connectivity index (χ0n) is 26.3. The monoisotopic (exact) mass is 694 g/mol. The van der Waals surface area contributed by atoms with E-state index in [1.165, 1.54) is 0 Å². The van der Waals surface area contributed by atoms with Gasteiger partial charge in [-0.05, 0) is 12.0 Å². The lowest BCUT2D eigenvalue weighted by atomic mass is 10.0. The first-order chi connectivity index (χ1) is 23.1. The Hall–Kier alpha value is -5.67. The molecule has 9 amide bonds. The molecule has 0 heterocycles. The van der Waals surface area contributed by atoms with Gasteiger partial charge in [0.2, 0.25) is 53.2 Å². The molecule has 0 bridgehead atoms. The summed E-state index contributed by atoms with van der Waals surface area (Å²) in [6.45, 7) is -3.17. The van der Waals surface area contributed by atoms with Gasteiger partial charge in [0.05, 0.1) is 32.7 Å². The standard InChI is InChI=1S/C28H42N10O11/c29-15(12-39)25(46)36-16(6-7-20(30)41)26(47)34-10-22(43)33-11-23(44)35-19(13-40)28(49)38-18(9-21(31)42)27(48)37-17(24(32)45)8-14-4-2-1-3-5-14/h1-5,15-19,39-40H,6-13,29H2,(H2,30,41)(H2,31,42)(H2,32,45)(H,33,43)(H,34,47)(H,35,44)(H,36,46)(H,37,48)(H,38,49)/t15-,16-,17-,18-,19-/m0/s1. The van der Waals surface area contributed by atoms with Gasteiger partial charge in [-0.3, -0.25) is 43.2 Å². The number of amides is 9. The van der Waals surface area contributed by atoms with Crippen molar-refractivity contribution in [2.24, 2.45) is 22.9 Å². The van der Waals surface area contributed by atoms with E-state index in [4.69, 9.17) is 28.0 Å². The first kappa shape index (κ1) is 41.4. The molecule has 270 valence electrons. The Morgan fingerprint density at radius 2 is 1.18 bits per heavy atom. The molecule has 0 unspecified atom stereocenters. The van der Waals surface area contributed by atoms with Crippen LogP contribution in [0.3, 0.4) is 0 Å². The van der Waals surface area contributed by atoms with Crippen LogP contribution in [0.4, 0.5) is 0 Å². The smallest absolute Gasteiger partial charge is 0.245 e. The summed E-state index contributed by atoms with van der Waals surface area (Å²) in [4.78, 5) is 109. The van der Waals surface area contributed by atoms with Gasteiger partial charge in [-0.2, -0.15) is 0 Å². The third-order valence-electron chi connectivity index (χ3n) is 6.53. The maximum atomic E-state index is 12.9. The molecule has 1 aromatic rings. The molecule has 0 fully saturated rings. The lowest BCUT2D eigenvalue weighted by Crippen LogP contribution is -2.58. The van der Waals surface area contributed by atoms with Crippen LogP contribution in [0.2, 0.25) is 0 Å². The second-order valence-electron chi connectivity index (χ2n) is 10.5. The zero-order chi connectivity index (χ0) is 37.1. The molecular weight excluding hydrogens is 652 g/mol. The molecule has 21 nitrogen and oxygen atoms in total. The van der Waals surface area contributed by atoms with Gasteiger partial charge in [0, 0.05) is 12.8 Å². The van der Waals surface area contributed by atoms with Gasteiger partial charge >= 0.3 is 0 Å². The summed E-state index contributed by atoms with van der Waals surface area (Å²) >= 11 is 0. The van der Waals surface area contributed by atoms with E-state index in [0.717, 1.165) is 0 Å². The fourth-order valence-corrected chi connectivity index (χ4v) is 3.92. The minimum absolute atomic E-state index is 0.00432. The molecule has 0 aromatic heterocycles. The van der Waals surface area contributed by atoms with E-state index >= 15 is 0 Å². The number of aliphatic hydroxyl groups excluding tert-OH is 2. The molecule has 1 rings (SSSR count). The molecule has 21 heteroatoms. The highest BCUT2D eigenvalue weighted by Crippen LogP contribution is 2.05. The summed E-state index contributed by atoms with van der Waals surface area (Å²) in [6, 6.07) is 1.26. The molecule has 49 heavy (non-hydrogen) atoms. The van der Waals surface area contributed by atoms with Gasteiger partial charge in [-0.25, -0.2) is 0 Å². The maximum Gasteiger partial charge on any atom is 0.245 e. The van der Waals surface area contributed by atoms with E-state index in [1.54, 1.807) is 30.3 Å². The predicted molar refractivity (Wildman–Crippen MR) is 167 cm³/mol. The van der Waals surface area contributed by atoms with Crippen molar-refractivity contribution < 1.29 is 53.4 Å². The number of rotatable bonds is 22. The van der Waals surface area contributed by atoms with Crippen LogP contribution in [0.15, 0.2) is 30.3 Å². The number of carbonyl (C=O) groups excluding carboxylic acids is 9. The highest BCUT2D eigenvalue weighted by molar-refractivity contribution is 5.97. The van der Waals surface area contributed by atoms with Crippen LogP contribution in [0.1, 0.15) is 24.8 Å². The first-order valence-electron chi connectivity index (χ1n) is 14.7. The molecule has 1 aromatic carbocycles. The topological polar surface area (TPSA) is 370 Å². The van der Waals surface area contributed by atoms with E-state index in [-0.39, 0.29) is 19.3 Å². The zero-order valence-corrected chi connectivity index (χ0v) is 26.3. The SMILES string of the molecule is NC(=O)CC[C@H](NC(=O)[C@@H](N)CO)C(=O)NCC(=O)NCC(=O)N[C@@H](CO)C(=O)N[C@@H](CC(N)=O)C(=O)N[C@@H](Cc1ccccc1)C(N)=O. The van der Waals surface area contributed by atoms with E-state index in [1.807, 2.05) is 0 Å². The number of nitrogens with one attached hydrogen (secondary N) is 6. The third-order valence-corrected chi connectivity index (χ3v) is 6.53. The minimum Gasteiger partial charge on any atom is -0.394 e. The van der Waals surface area contributed by atoms with E-state index in [2.05, 4.69) is 31.9 Å². The number of hydrogen-bond acceptors (Lipinski definition) is 12. The van der Waals surface area contributed by atoms with Gasteiger partial charge in [0.1, 0.15) is 30.2 Å². The number of nitrogens with two attached hydrogens (primary N) is 4. The molecule has 0 aliphatic carbocycles. The second-order valence-corrected chi connectivity index (χ2v) is 10.5. The van der Waals surface area contributed by atoms with Crippen molar-refractivity contribution in [2.75, 3.05) is 26.3 Å². The summed E-state index contributed by atoms with van der Waals surface area (Å²) in [7, 11) is 0. The van der Waals surface area contributed by atoms with Crippen molar-refractivity contribution in [3.05, 3.63) is 35.9 Å². The Morgan fingerprint density at radius 1 is 0.612 bits per heavy atom. The van der Waals surface area contributed by atoms with E-state index in [0.29, 0.717) is 5.56 Å². The lowest BCUT2D eigenvalue weighted by Gasteiger charge is -2.23. The Morgan fingerprint density at radius 3 is 1.73 bits per heavy atom. The molecule has 0 radical (unpaired) electrons. The van der Waals surface area contributed by atoms with Crippen LogP contribution in [-0.2, 0) is 49.6 Å². The number of carbonyl (C=O) groups is 9. The van der Waals surface area contributed by atoms with Crippen molar-refractivity contribution >= 4 is 53.2 Å². The van der Waals surface area contributed by atoms with Crippen LogP contribution in [-0.4, -0.2) is 120 Å². The Kier molecular flexibility index (Phi) is 17.9. The maximum absolute atomic E-state index is 12.9. The summed E-state index contributed by atoms with van der Waals surface area (Å²) < 4.78 is 0. The fraction of sp³-hybridized carbons (Fsp3) is 0.464. The van der Waals surface area contributed by atoms with Crippen molar-refractivity contribution in [1.29, 1.82) is 0 Å². The number of hydrogen-bond donors (Lipinski definition) is 12. The van der Waals surface area contributed by atoms with Gasteiger partial charge in [0.25, 0.3) is 0 Å². The van der Waals surface area contributed by atoms with Crippen molar-refractivity contribution in [3.8, 4) is 0 Å². The van der Waals surface area contributed by atoms with Crippen molar-refractivity contribution in [2.45, 2.75) is 55.9 Å². The molecule has 16 N–H and O–H groups in total. The Bertz CT molecular complexity index is 1360. The molecular formula is C28H42N10O11. The van der Waals surface area contributed by atoms with Gasteiger partial charge in [-0.1, -0.05) is 30.3 Å². The third kappa shape index (κ3) is 16.1. The Balaban J connectivity index is 2.74. The molecule has 0 aliphatic heterocycles. The van der Waals surface area contributed by atoms with Gasteiger partial charge in [-0.15, -0.1) is 0 Å². The number of benzene rings is 1. The van der Waals surface area contributed by atoms with Crippen LogP contribution in [0, 0.1) is 0 Å². The van der Waals surface area contributed by atoms with Gasteiger partial charge in [0.15, 0.2) is 0 Å². The molecule has 0 saturated heterocycles. The van der Waals surface area contributed by atoms with Crippen LogP contribution in [0.5, 0.6) is 0 Å². The molecule has 0 saturated carbocycles. The summed E-state index contributed by atoms with van der Waals surface area (Å²) in [5.41, 5.74) is 21.7. The average molecular weight is 695 g/mol. The largest absolute Gasteiger partial charge is 0.394 e.